The fourth-order valence-corrected chi connectivity index (χ4v) is 1.54. The molecule has 0 fully saturated rings. The summed E-state index contributed by atoms with van der Waals surface area (Å²) in [6.07, 6.45) is -0.352. The molecule has 1 aromatic carbocycles. The van der Waals surface area contributed by atoms with Crippen LogP contribution in [0.2, 0.25) is 0 Å². The van der Waals surface area contributed by atoms with Crippen molar-refractivity contribution in [2.45, 2.75) is 19.8 Å². The second kappa shape index (κ2) is 9.05. The molecule has 1 amide bonds. The van der Waals surface area contributed by atoms with Crippen molar-refractivity contribution in [2.24, 2.45) is 0 Å². The predicted octanol–water partition coefficient (Wildman–Crippen LogP) is 3.99. The van der Waals surface area contributed by atoms with E-state index in [0.717, 1.165) is 11.3 Å². The molecular formula is C15H25IN2O2. The lowest BCUT2D eigenvalue weighted by Gasteiger charge is -2.19. The van der Waals surface area contributed by atoms with Gasteiger partial charge in [-0.1, -0.05) is 36.4 Å². The minimum absolute atomic E-state index is 0.301. The Morgan fingerprint density at radius 1 is 1.15 bits per heavy atom. The van der Waals surface area contributed by atoms with Crippen LogP contribution in [0.25, 0.3) is 0 Å². The molecule has 0 bridgehead atoms. The Balaban J connectivity index is 0.00000172. The van der Waals surface area contributed by atoms with Gasteiger partial charge < -0.3 is 14.5 Å². The van der Waals surface area contributed by atoms with Gasteiger partial charge in [-0.3, -0.25) is 0 Å². The van der Waals surface area contributed by atoms with Crippen molar-refractivity contribution in [1.82, 2.24) is 4.90 Å². The van der Waals surface area contributed by atoms with E-state index >= 15 is 0 Å². The molecule has 0 unspecified atom stereocenters. The molecule has 1 rings (SSSR count). The van der Waals surface area contributed by atoms with Gasteiger partial charge in [0.25, 0.3) is 0 Å². The number of carbonyl (C=O) groups is 1. The zero-order valence-electron chi connectivity index (χ0n) is 13.4. The Kier molecular flexibility index (Phi) is 8.60. The zero-order chi connectivity index (χ0) is 15.9. The van der Waals surface area contributed by atoms with Crippen LogP contribution in [0.15, 0.2) is 18.2 Å². The molecule has 0 N–H and O–H groups in total. The largest absolute Gasteiger partial charge is 0.414 e. The Morgan fingerprint density at radius 2 is 1.70 bits per heavy atom. The maximum atomic E-state index is 11.6. The van der Waals surface area contributed by atoms with E-state index in [1.165, 1.54) is 4.90 Å². The number of halogens is 1. The average molecular weight is 392 g/mol. The Bertz CT molecular complexity index is 432. The quantitative estimate of drug-likeness (QED) is 0.576. The number of rotatable bonds is 3. The molecule has 0 aromatic heterocycles. The van der Waals surface area contributed by atoms with E-state index in [9.17, 15) is 4.79 Å². The van der Waals surface area contributed by atoms with Crippen LogP contribution in [-0.2, 0) is 0 Å². The van der Waals surface area contributed by atoms with Crippen molar-refractivity contribution < 1.29 is 9.53 Å². The molecule has 5 heteroatoms. The molecule has 0 aliphatic heterocycles. The zero-order valence-corrected chi connectivity index (χ0v) is 15.6. The van der Waals surface area contributed by atoms with Crippen LogP contribution >= 0.6 is 22.6 Å². The molecular weight excluding hydrogens is 367 g/mol. The van der Waals surface area contributed by atoms with Gasteiger partial charge in [-0.05, 0) is 34.6 Å². The van der Waals surface area contributed by atoms with Gasteiger partial charge in [0.05, 0.1) is 0 Å². The summed E-state index contributed by atoms with van der Waals surface area (Å²) in [6.45, 7) is 4.17. The van der Waals surface area contributed by atoms with Crippen molar-refractivity contribution in [1.29, 1.82) is 0 Å². The fourth-order valence-electron chi connectivity index (χ4n) is 1.54. The number of alkyl halides is 1. The maximum absolute atomic E-state index is 11.6. The van der Waals surface area contributed by atoms with Crippen molar-refractivity contribution >= 4 is 34.4 Å². The standard InChI is InChI=1S/C14H22N2O2.CH3I/c1-10(2)12-9-11(15(3)4)7-8-13(12)18-14(17)16(5)6;1-2/h7-10H,1-6H3;1H3. The third kappa shape index (κ3) is 5.56. The molecule has 114 valence electrons. The molecule has 0 saturated carbocycles. The summed E-state index contributed by atoms with van der Waals surface area (Å²) in [6, 6.07) is 5.86. The van der Waals surface area contributed by atoms with Gasteiger partial charge in [0, 0.05) is 33.9 Å². The molecule has 0 aliphatic rings. The van der Waals surface area contributed by atoms with Crippen LogP contribution in [0.4, 0.5) is 10.5 Å². The van der Waals surface area contributed by atoms with E-state index in [2.05, 4.69) is 42.5 Å². The second-order valence-electron chi connectivity index (χ2n) is 5.03. The summed E-state index contributed by atoms with van der Waals surface area (Å²) < 4.78 is 5.37. The highest BCUT2D eigenvalue weighted by atomic mass is 127. The van der Waals surface area contributed by atoms with Crippen LogP contribution in [0.1, 0.15) is 25.3 Å². The van der Waals surface area contributed by atoms with E-state index in [1.807, 2.05) is 36.1 Å². The van der Waals surface area contributed by atoms with Crippen LogP contribution in [0, 0.1) is 0 Å². The highest BCUT2D eigenvalue weighted by molar-refractivity contribution is 14.1. The molecule has 1 aromatic rings. The third-order valence-corrected chi connectivity index (χ3v) is 2.69. The number of hydrogen-bond donors (Lipinski definition) is 0. The molecule has 20 heavy (non-hydrogen) atoms. The number of amides is 1. The van der Waals surface area contributed by atoms with Crippen LogP contribution in [0.5, 0.6) is 5.75 Å². The van der Waals surface area contributed by atoms with E-state index in [-0.39, 0.29) is 6.09 Å². The maximum Gasteiger partial charge on any atom is 0.414 e. The van der Waals surface area contributed by atoms with Crippen molar-refractivity contribution in [3.05, 3.63) is 23.8 Å². The topological polar surface area (TPSA) is 32.8 Å². The number of ether oxygens (including phenoxy) is 1. The summed E-state index contributed by atoms with van der Waals surface area (Å²) in [5.74, 6) is 0.934. The smallest absolute Gasteiger partial charge is 0.410 e. The molecule has 0 atom stereocenters. The van der Waals surface area contributed by atoms with E-state index < -0.39 is 0 Å². The number of hydrogen-bond acceptors (Lipinski definition) is 3. The van der Waals surface area contributed by atoms with Gasteiger partial charge >= 0.3 is 6.09 Å². The Morgan fingerprint density at radius 3 is 2.10 bits per heavy atom. The monoisotopic (exact) mass is 392 g/mol. The van der Waals surface area contributed by atoms with Crippen LogP contribution < -0.4 is 9.64 Å². The molecule has 0 spiro atoms. The number of anilines is 1. The van der Waals surface area contributed by atoms with Crippen LogP contribution in [0.3, 0.4) is 0 Å². The first-order valence-electron chi connectivity index (χ1n) is 6.41. The number of nitrogens with zero attached hydrogens (tertiary/aromatic N) is 2. The lowest BCUT2D eigenvalue weighted by Crippen LogP contribution is -2.25. The lowest BCUT2D eigenvalue weighted by atomic mass is 10.0. The molecule has 0 aliphatic carbocycles. The van der Waals surface area contributed by atoms with Gasteiger partial charge in [-0.2, -0.15) is 0 Å². The first-order valence-corrected chi connectivity index (χ1v) is 8.57. The molecule has 4 nitrogen and oxygen atoms in total. The molecule has 0 radical (unpaired) electrons. The summed E-state index contributed by atoms with van der Waals surface area (Å²) >= 11 is 2.15. The summed E-state index contributed by atoms with van der Waals surface area (Å²) in [4.78, 5) is 17.0. The summed E-state index contributed by atoms with van der Waals surface area (Å²) in [5, 5.41) is 0. The van der Waals surface area contributed by atoms with E-state index in [1.54, 1.807) is 14.1 Å². The summed E-state index contributed by atoms with van der Waals surface area (Å²) in [7, 11) is 7.33. The van der Waals surface area contributed by atoms with Crippen molar-refractivity contribution in [3.8, 4) is 5.75 Å². The first-order chi connectivity index (χ1) is 9.32. The van der Waals surface area contributed by atoms with Crippen molar-refractivity contribution in [2.75, 3.05) is 38.0 Å². The minimum atomic E-state index is -0.352. The first kappa shape index (κ1) is 19.0. The lowest BCUT2D eigenvalue weighted by molar-refractivity contribution is 0.171. The van der Waals surface area contributed by atoms with E-state index in [0.29, 0.717) is 11.7 Å². The predicted molar refractivity (Wildman–Crippen MR) is 94.5 cm³/mol. The second-order valence-corrected chi connectivity index (χ2v) is 5.03. The molecule has 0 heterocycles. The highest BCUT2D eigenvalue weighted by Crippen LogP contribution is 2.30. The fraction of sp³-hybridized carbons (Fsp3) is 0.533. The number of carbonyl (C=O) groups excluding carboxylic acids is 1. The highest BCUT2D eigenvalue weighted by Gasteiger charge is 2.14. The number of benzene rings is 1. The van der Waals surface area contributed by atoms with Crippen LogP contribution in [-0.4, -0.2) is 44.1 Å². The van der Waals surface area contributed by atoms with Crippen molar-refractivity contribution in [3.63, 3.8) is 0 Å². The SMILES string of the molecule is CC(C)c1cc(N(C)C)ccc1OC(=O)N(C)C.CI. The minimum Gasteiger partial charge on any atom is -0.410 e. The normalized spacial score (nSPS) is 9.65. The average Bonchev–Trinajstić information content (AvgIpc) is 2.40. The van der Waals surface area contributed by atoms with Gasteiger partial charge in [0.2, 0.25) is 0 Å². The van der Waals surface area contributed by atoms with E-state index in [4.69, 9.17) is 4.74 Å². The van der Waals surface area contributed by atoms with Gasteiger partial charge in [-0.15, -0.1) is 0 Å². The van der Waals surface area contributed by atoms with Gasteiger partial charge in [-0.25, -0.2) is 4.79 Å². The third-order valence-electron chi connectivity index (χ3n) is 2.69. The molecule has 0 saturated heterocycles. The van der Waals surface area contributed by atoms with Gasteiger partial charge in [0.15, 0.2) is 0 Å². The van der Waals surface area contributed by atoms with Gasteiger partial charge in [0.1, 0.15) is 5.75 Å². The Labute approximate surface area is 136 Å². The summed E-state index contributed by atoms with van der Waals surface area (Å²) in [5.41, 5.74) is 2.14. The Hall–Kier alpha value is -0.980.